The number of hydrogen-bond donors (Lipinski definition) is 1. The Hall–Kier alpha value is -1.98. The van der Waals surface area contributed by atoms with Crippen LogP contribution in [0.3, 0.4) is 0 Å². The van der Waals surface area contributed by atoms with Crippen molar-refractivity contribution in [1.82, 2.24) is 5.32 Å². The van der Waals surface area contributed by atoms with E-state index in [1.54, 1.807) is 32.9 Å². The predicted octanol–water partition coefficient (Wildman–Crippen LogP) is 4.63. The average Bonchev–Trinajstić information content (AvgIpc) is 2.35. The molecule has 3 nitrogen and oxygen atoms in total. The van der Waals surface area contributed by atoms with E-state index in [1.165, 1.54) is 18.2 Å². The summed E-state index contributed by atoms with van der Waals surface area (Å²) in [6, 6.07) is 5.34. The average molecular weight is 315 g/mol. The van der Waals surface area contributed by atoms with Crippen molar-refractivity contribution in [2.24, 2.45) is 0 Å². The summed E-state index contributed by atoms with van der Waals surface area (Å²) in [5.74, 6) is 0. The molecular weight excluding hydrogens is 295 g/mol. The van der Waals surface area contributed by atoms with Gasteiger partial charge in [0.05, 0.1) is 5.56 Å². The minimum Gasteiger partial charge on any atom is -0.444 e. The Balaban J connectivity index is 2.50. The highest BCUT2D eigenvalue weighted by atomic mass is 19.4. The molecule has 22 heavy (non-hydrogen) atoms. The molecule has 122 valence electrons. The number of alkyl carbamates (subject to hydrolysis) is 1. The molecule has 1 aromatic rings. The molecule has 0 heterocycles. The lowest BCUT2D eigenvalue weighted by Gasteiger charge is -2.19. The van der Waals surface area contributed by atoms with Crippen molar-refractivity contribution in [2.45, 2.75) is 39.0 Å². The van der Waals surface area contributed by atoms with Crippen LogP contribution in [-0.4, -0.2) is 18.2 Å². The van der Waals surface area contributed by atoms with Crippen LogP contribution in [0.2, 0.25) is 0 Å². The van der Waals surface area contributed by atoms with Gasteiger partial charge in [0.2, 0.25) is 0 Å². The topological polar surface area (TPSA) is 38.3 Å². The molecule has 1 rings (SSSR count). The monoisotopic (exact) mass is 315 g/mol. The largest absolute Gasteiger partial charge is 0.444 e. The van der Waals surface area contributed by atoms with E-state index in [9.17, 15) is 18.0 Å². The van der Waals surface area contributed by atoms with Crippen LogP contribution in [0.1, 0.15) is 38.3 Å². The molecule has 0 aromatic heterocycles. The Bertz CT molecular complexity index is 531. The molecule has 1 N–H and O–H groups in total. The zero-order valence-corrected chi connectivity index (χ0v) is 12.8. The van der Waals surface area contributed by atoms with Crippen LogP contribution >= 0.6 is 0 Å². The van der Waals surface area contributed by atoms with Gasteiger partial charge in [0.25, 0.3) is 0 Å². The minimum atomic E-state index is -4.38. The Labute approximate surface area is 128 Å². The SMILES string of the molecule is CC(C)(C)OC(=O)NCCC=Cc1ccccc1C(F)(F)F. The number of ether oxygens (including phenoxy) is 1. The Morgan fingerprint density at radius 3 is 2.45 bits per heavy atom. The number of nitrogens with one attached hydrogen (secondary N) is 1. The third-order valence-corrected chi connectivity index (χ3v) is 2.54. The van der Waals surface area contributed by atoms with Gasteiger partial charge in [-0.1, -0.05) is 30.4 Å². The van der Waals surface area contributed by atoms with Gasteiger partial charge in [-0.3, -0.25) is 0 Å². The Kier molecular flexibility index (Phi) is 6.02. The van der Waals surface area contributed by atoms with Crippen LogP contribution in [0.4, 0.5) is 18.0 Å². The minimum absolute atomic E-state index is 0.104. The Morgan fingerprint density at radius 1 is 1.23 bits per heavy atom. The summed E-state index contributed by atoms with van der Waals surface area (Å²) in [6.45, 7) is 5.54. The van der Waals surface area contributed by atoms with Crippen LogP contribution < -0.4 is 5.32 Å². The lowest BCUT2D eigenvalue weighted by Crippen LogP contribution is -2.32. The van der Waals surface area contributed by atoms with Gasteiger partial charge in [0.15, 0.2) is 0 Å². The van der Waals surface area contributed by atoms with Crippen molar-refractivity contribution in [3.8, 4) is 0 Å². The number of hydrogen-bond acceptors (Lipinski definition) is 2. The van der Waals surface area contributed by atoms with E-state index in [2.05, 4.69) is 5.32 Å². The van der Waals surface area contributed by atoms with E-state index in [0.717, 1.165) is 6.07 Å². The smallest absolute Gasteiger partial charge is 0.416 e. The number of carbonyl (C=O) groups is 1. The third-order valence-electron chi connectivity index (χ3n) is 2.54. The van der Waals surface area contributed by atoms with Gasteiger partial charge in [-0.15, -0.1) is 0 Å². The number of alkyl halides is 3. The van der Waals surface area contributed by atoms with E-state index in [0.29, 0.717) is 13.0 Å². The zero-order chi connectivity index (χ0) is 16.8. The molecule has 0 saturated carbocycles. The zero-order valence-electron chi connectivity index (χ0n) is 12.8. The van der Waals surface area contributed by atoms with Crippen LogP contribution in [0.25, 0.3) is 6.08 Å². The summed E-state index contributed by atoms with van der Waals surface area (Å²) in [5, 5.41) is 2.54. The molecule has 0 radical (unpaired) electrons. The normalized spacial score (nSPS) is 12.5. The van der Waals surface area contributed by atoms with Crippen molar-refractivity contribution in [3.05, 3.63) is 41.5 Å². The first-order valence-corrected chi connectivity index (χ1v) is 6.89. The summed E-state index contributed by atoms with van der Waals surface area (Å²) < 4.78 is 43.4. The van der Waals surface area contributed by atoms with E-state index in [4.69, 9.17) is 4.74 Å². The Morgan fingerprint density at radius 2 is 1.86 bits per heavy atom. The molecule has 0 aliphatic carbocycles. The second kappa shape index (κ2) is 7.33. The van der Waals surface area contributed by atoms with Gasteiger partial charge >= 0.3 is 12.3 Å². The third kappa shape index (κ3) is 6.65. The molecule has 0 unspecified atom stereocenters. The lowest BCUT2D eigenvalue weighted by atomic mass is 10.1. The van der Waals surface area contributed by atoms with Gasteiger partial charge in [-0.25, -0.2) is 4.79 Å². The molecule has 0 bridgehead atoms. The van der Waals surface area contributed by atoms with Gasteiger partial charge in [-0.2, -0.15) is 13.2 Å². The molecule has 0 saturated heterocycles. The number of carbonyl (C=O) groups excluding carboxylic acids is 1. The van der Waals surface area contributed by atoms with Crippen molar-refractivity contribution in [3.63, 3.8) is 0 Å². The maximum absolute atomic E-state index is 12.8. The fraction of sp³-hybridized carbons (Fsp3) is 0.438. The van der Waals surface area contributed by atoms with Crippen molar-refractivity contribution in [2.75, 3.05) is 6.54 Å². The summed E-state index contributed by atoms with van der Waals surface area (Å²) in [6.07, 6.45) is -1.53. The molecule has 0 aliphatic heterocycles. The fourth-order valence-corrected chi connectivity index (χ4v) is 1.68. The fourth-order valence-electron chi connectivity index (χ4n) is 1.68. The highest BCUT2D eigenvalue weighted by Gasteiger charge is 2.32. The second-order valence-electron chi connectivity index (χ2n) is 5.70. The van der Waals surface area contributed by atoms with E-state index < -0.39 is 23.4 Å². The van der Waals surface area contributed by atoms with Crippen molar-refractivity contribution in [1.29, 1.82) is 0 Å². The molecule has 0 atom stereocenters. The molecule has 0 aliphatic rings. The van der Waals surface area contributed by atoms with Crippen LogP contribution in [0, 0.1) is 0 Å². The van der Waals surface area contributed by atoms with E-state index >= 15 is 0 Å². The molecule has 1 amide bonds. The van der Waals surface area contributed by atoms with Gasteiger partial charge in [0, 0.05) is 6.54 Å². The highest BCUT2D eigenvalue weighted by Crippen LogP contribution is 2.32. The number of benzene rings is 1. The van der Waals surface area contributed by atoms with Crippen LogP contribution in [-0.2, 0) is 10.9 Å². The standard InChI is InChI=1S/C16H20F3NO2/c1-15(2,3)22-14(21)20-11-7-6-9-12-8-4-5-10-13(12)16(17,18)19/h4-6,8-10H,7,11H2,1-3H3,(H,20,21). The lowest BCUT2D eigenvalue weighted by molar-refractivity contribution is -0.137. The van der Waals surface area contributed by atoms with Gasteiger partial charge < -0.3 is 10.1 Å². The van der Waals surface area contributed by atoms with Crippen LogP contribution in [0.5, 0.6) is 0 Å². The maximum Gasteiger partial charge on any atom is 0.416 e. The molecule has 6 heteroatoms. The van der Waals surface area contributed by atoms with Crippen LogP contribution in [0.15, 0.2) is 30.3 Å². The van der Waals surface area contributed by atoms with Crippen molar-refractivity contribution < 1.29 is 22.7 Å². The van der Waals surface area contributed by atoms with Crippen molar-refractivity contribution >= 4 is 12.2 Å². The summed E-state index contributed by atoms with van der Waals surface area (Å²) in [5.41, 5.74) is -1.15. The second-order valence-corrected chi connectivity index (χ2v) is 5.70. The molecule has 0 spiro atoms. The summed E-state index contributed by atoms with van der Waals surface area (Å²) >= 11 is 0. The van der Waals surface area contributed by atoms with Gasteiger partial charge in [-0.05, 0) is 38.8 Å². The van der Waals surface area contributed by atoms with Gasteiger partial charge in [0.1, 0.15) is 5.60 Å². The maximum atomic E-state index is 12.8. The summed E-state index contributed by atoms with van der Waals surface area (Å²) in [4.78, 5) is 11.4. The first-order valence-electron chi connectivity index (χ1n) is 6.89. The number of halogens is 3. The van der Waals surface area contributed by atoms with E-state index in [1.807, 2.05) is 0 Å². The molecule has 0 fully saturated rings. The predicted molar refractivity (Wildman–Crippen MR) is 79.3 cm³/mol. The molecule has 1 aromatic carbocycles. The first kappa shape index (κ1) is 18.1. The highest BCUT2D eigenvalue weighted by molar-refractivity contribution is 5.67. The molecular formula is C16H20F3NO2. The number of rotatable bonds is 4. The summed E-state index contributed by atoms with van der Waals surface area (Å²) in [7, 11) is 0. The first-order chi connectivity index (χ1) is 10.1. The van der Waals surface area contributed by atoms with E-state index in [-0.39, 0.29) is 5.56 Å². The quantitative estimate of drug-likeness (QED) is 0.822. The number of amides is 1.